The molecule has 1 heterocycles. The van der Waals surface area contributed by atoms with Gasteiger partial charge in [-0.15, -0.1) is 0 Å². The maximum absolute atomic E-state index is 15.0. The van der Waals surface area contributed by atoms with Gasteiger partial charge in [-0.1, -0.05) is 57.0 Å². The number of halogens is 1. The summed E-state index contributed by atoms with van der Waals surface area (Å²) in [5.74, 6) is 1.54. The van der Waals surface area contributed by atoms with Gasteiger partial charge in [-0.3, -0.25) is 0 Å². The molecule has 0 radical (unpaired) electrons. The third-order valence-corrected chi connectivity index (χ3v) is 10.4. The summed E-state index contributed by atoms with van der Waals surface area (Å²) in [5, 5.41) is 0. The summed E-state index contributed by atoms with van der Waals surface area (Å²) in [7, 11) is 0. The van der Waals surface area contributed by atoms with Crippen LogP contribution in [0.15, 0.2) is 35.9 Å². The van der Waals surface area contributed by atoms with Crippen molar-refractivity contribution in [2.45, 2.75) is 90.8 Å². The Morgan fingerprint density at radius 3 is 2.55 bits per heavy atom. The molecule has 0 aromatic heterocycles. The van der Waals surface area contributed by atoms with Gasteiger partial charge in [0.05, 0.1) is 13.2 Å². The van der Waals surface area contributed by atoms with Crippen molar-refractivity contribution in [1.29, 1.82) is 0 Å². The van der Waals surface area contributed by atoms with E-state index < -0.39 is 5.79 Å². The molecule has 4 fully saturated rings. The van der Waals surface area contributed by atoms with Gasteiger partial charge in [0, 0.05) is 18.3 Å². The minimum absolute atomic E-state index is 0.0398. The van der Waals surface area contributed by atoms with E-state index in [9.17, 15) is 4.39 Å². The van der Waals surface area contributed by atoms with E-state index >= 15 is 0 Å². The Balaban J connectivity index is 1.37. The van der Waals surface area contributed by atoms with Crippen LogP contribution in [0.5, 0.6) is 0 Å². The van der Waals surface area contributed by atoms with Crippen molar-refractivity contribution in [1.82, 2.24) is 0 Å². The van der Waals surface area contributed by atoms with Gasteiger partial charge in [0.25, 0.3) is 0 Å². The quantitative estimate of drug-likeness (QED) is 0.433. The molecular formula is C30H41FO2. The normalized spacial score (nSPS) is 41.1. The summed E-state index contributed by atoms with van der Waals surface area (Å²) in [6.45, 7) is 8.52. The Hall–Kier alpha value is -1.19. The number of hydrogen-bond donors (Lipinski definition) is 0. The van der Waals surface area contributed by atoms with Crippen LogP contribution in [0.1, 0.15) is 84.1 Å². The highest BCUT2D eigenvalue weighted by atomic mass is 19.1. The first-order valence-corrected chi connectivity index (χ1v) is 13.5. The molecule has 3 saturated carbocycles. The van der Waals surface area contributed by atoms with E-state index in [1.807, 2.05) is 18.2 Å². The number of fused-ring (bicyclic) bond motifs is 5. The van der Waals surface area contributed by atoms with Crippen molar-refractivity contribution in [3.63, 3.8) is 0 Å². The molecule has 3 heteroatoms. The lowest BCUT2D eigenvalue weighted by Crippen LogP contribution is -2.57. The van der Waals surface area contributed by atoms with Crippen LogP contribution in [0.4, 0.5) is 4.39 Å². The van der Waals surface area contributed by atoms with Crippen molar-refractivity contribution < 1.29 is 13.9 Å². The zero-order chi connectivity index (χ0) is 22.9. The first-order chi connectivity index (χ1) is 15.7. The van der Waals surface area contributed by atoms with Crippen molar-refractivity contribution in [3.05, 3.63) is 47.3 Å². The predicted octanol–water partition coefficient (Wildman–Crippen LogP) is 7.47. The van der Waals surface area contributed by atoms with Gasteiger partial charge >= 0.3 is 0 Å². The lowest BCUT2D eigenvalue weighted by Gasteiger charge is -2.60. The van der Waals surface area contributed by atoms with Gasteiger partial charge in [0.1, 0.15) is 5.82 Å². The Kier molecular flexibility index (Phi) is 5.17. The predicted molar refractivity (Wildman–Crippen MR) is 129 cm³/mol. The second kappa shape index (κ2) is 7.65. The van der Waals surface area contributed by atoms with E-state index in [1.54, 1.807) is 11.6 Å². The van der Waals surface area contributed by atoms with Crippen LogP contribution < -0.4 is 0 Å². The standard InChI is InChI=1S/C30H41FO2/c1-27(2)19-32-30(33-20-27)16-15-29(17-21-7-4-5-9-26(21)31)22(18-30)10-11-23-24-8-6-13-28(24,3)14-12-25(23)29/h4-5,7,9,12,22-24H,6,8,10-11,13-20H2,1-3H3/t22-,23-,24-,28-,29+/m0/s1. The zero-order valence-electron chi connectivity index (χ0n) is 20.8. The van der Waals surface area contributed by atoms with Gasteiger partial charge in [0.2, 0.25) is 0 Å². The van der Waals surface area contributed by atoms with Crippen LogP contribution >= 0.6 is 0 Å². The SMILES string of the molecule is CC1(C)COC2(CC[C@]3(Cc4ccccc4F)C4=CC[C@]5(C)CCC[C@H]5[C@@H]4CC[C@H]3C2)OC1. The van der Waals surface area contributed by atoms with E-state index in [2.05, 4.69) is 26.8 Å². The molecule has 1 aromatic rings. The smallest absolute Gasteiger partial charge is 0.168 e. The Morgan fingerprint density at radius 1 is 0.970 bits per heavy atom. The molecule has 0 bridgehead atoms. The van der Waals surface area contributed by atoms with Crippen LogP contribution in [0.25, 0.3) is 0 Å². The van der Waals surface area contributed by atoms with Crippen LogP contribution in [0.2, 0.25) is 0 Å². The molecule has 5 aliphatic rings. The zero-order valence-corrected chi connectivity index (χ0v) is 20.8. The summed E-state index contributed by atoms with van der Waals surface area (Å²) in [6.07, 6.45) is 14.3. The van der Waals surface area contributed by atoms with Gasteiger partial charge in [-0.05, 0) is 85.2 Å². The number of hydrogen-bond acceptors (Lipinski definition) is 2. The number of rotatable bonds is 2. The highest BCUT2D eigenvalue weighted by molar-refractivity contribution is 5.33. The molecule has 4 aliphatic carbocycles. The van der Waals surface area contributed by atoms with Crippen LogP contribution in [0.3, 0.4) is 0 Å². The largest absolute Gasteiger partial charge is 0.349 e. The average Bonchev–Trinajstić information content (AvgIpc) is 3.20. The molecule has 180 valence electrons. The van der Waals surface area contributed by atoms with E-state index in [4.69, 9.17) is 9.47 Å². The third kappa shape index (κ3) is 3.56. The van der Waals surface area contributed by atoms with E-state index in [0.717, 1.165) is 50.4 Å². The van der Waals surface area contributed by atoms with Crippen LogP contribution in [-0.4, -0.2) is 19.0 Å². The van der Waals surface area contributed by atoms with Gasteiger partial charge in [-0.25, -0.2) is 4.39 Å². The van der Waals surface area contributed by atoms with E-state index in [0.29, 0.717) is 17.3 Å². The van der Waals surface area contributed by atoms with Crippen molar-refractivity contribution in [3.8, 4) is 0 Å². The van der Waals surface area contributed by atoms with Crippen molar-refractivity contribution in [2.75, 3.05) is 13.2 Å². The third-order valence-electron chi connectivity index (χ3n) is 10.4. The molecule has 1 saturated heterocycles. The maximum Gasteiger partial charge on any atom is 0.168 e. The van der Waals surface area contributed by atoms with Gasteiger partial charge in [0.15, 0.2) is 5.79 Å². The molecule has 33 heavy (non-hydrogen) atoms. The fourth-order valence-electron chi connectivity index (χ4n) is 8.59. The number of ether oxygens (including phenoxy) is 2. The second-order valence-electron chi connectivity index (χ2n) is 13.2. The molecule has 0 amide bonds. The fourth-order valence-corrected chi connectivity index (χ4v) is 8.59. The Labute approximate surface area is 199 Å². The highest BCUT2D eigenvalue weighted by Gasteiger charge is 2.59. The Morgan fingerprint density at radius 2 is 1.76 bits per heavy atom. The monoisotopic (exact) mass is 452 g/mol. The topological polar surface area (TPSA) is 18.5 Å². The lowest BCUT2D eigenvalue weighted by molar-refractivity contribution is -0.324. The molecule has 1 aromatic carbocycles. The first-order valence-electron chi connectivity index (χ1n) is 13.5. The number of allylic oxidation sites excluding steroid dienone is 2. The molecule has 1 aliphatic heterocycles. The molecule has 0 unspecified atom stereocenters. The average molecular weight is 453 g/mol. The van der Waals surface area contributed by atoms with E-state index in [1.165, 1.54) is 38.5 Å². The summed E-state index contributed by atoms with van der Waals surface area (Å²) in [4.78, 5) is 0. The summed E-state index contributed by atoms with van der Waals surface area (Å²) in [6, 6.07) is 7.49. The van der Waals surface area contributed by atoms with Crippen LogP contribution in [-0.2, 0) is 15.9 Å². The minimum atomic E-state index is -0.428. The lowest BCUT2D eigenvalue weighted by atomic mass is 9.47. The van der Waals surface area contributed by atoms with Crippen molar-refractivity contribution in [2.24, 2.45) is 34.0 Å². The van der Waals surface area contributed by atoms with Gasteiger partial charge < -0.3 is 9.47 Å². The molecule has 1 spiro atoms. The van der Waals surface area contributed by atoms with Crippen LogP contribution in [0, 0.1) is 39.8 Å². The molecule has 2 nitrogen and oxygen atoms in total. The van der Waals surface area contributed by atoms with Crippen molar-refractivity contribution >= 4 is 0 Å². The van der Waals surface area contributed by atoms with E-state index in [-0.39, 0.29) is 16.6 Å². The minimum Gasteiger partial charge on any atom is -0.349 e. The summed E-state index contributed by atoms with van der Waals surface area (Å²) >= 11 is 0. The molecule has 0 N–H and O–H groups in total. The first kappa shape index (κ1) is 22.3. The summed E-state index contributed by atoms with van der Waals surface area (Å²) < 4.78 is 28.0. The van der Waals surface area contributed by atoms with Gasteiger partial charge in [-0.2, -0.15) is 0 Å². The molecule has 6 rings (SSSR count). The number of benzene rings is 1. The molecular weight excluding hydrogens is 411 g/mol. The fraction of sp³-hybridized carbons (Fsp3) is 0.733. The molecule has 5 atom stereocenters. The second-order valence-corrected chi connectivity index (χ2v) is 13.2. The Bertz CT molecular complexity index is 940. The highest BCUT2D eigenvalue weighted by Crippen LogP contribution is 2.66. The summed E-state index contributed by atoms with van der Waals surface area (Å²) in [5.41, 5.74) is 3.21. The maximum atomic E-state index is 15.0.